The summed E-state index contributed by atoms with van der Waals surface area (Å²) in [4.78, 5) is 14.1. The van der Waals surface area contributed by atoms with Gasteiger partial charge in [0.25, 0.3) is 0 Å². The minimum absolute atomic E-state index is 0.238. The highest BCUT2D eigenvalue weighted by molar-refractivity contribution is 5.76. The van der Waals surface area contributed by atoms with Crippen molar-refractivity contribution in [3.63, 3.8) is 0 Å². The Bertz CT molecular complexity index is 432. The van der Waals surface area contributed by atoms with Crippen LogP contribution in [0.2, 0.25) is 0 Å². The molecule has 1 aliphatic rings. The molecule has 1 heterocycles. The van der Waals surface area contributed by atoms with Gasteiger partial charge in [0.05, 0.1) is 6.10 Å². The van der Waals surface area contributed by atoms with Crippen LogP contribution in [0, 0.1) is 11.8 Å². The largest absolute Gasteiger partial charge is 0.388 e. The molecule has 20 heavy (non-hydrogen) atoms. The number of rotatable bonds is 4. The summed E-state index contributed by atoms with van der Waals surface area (Å²) in [5.74, 6) is 1.26. The van der Waals surface area contributed by atoms with E-state index in [1.165, 1.54) is 0 Å². The SMILES string of the molecule is C[C@H]1CC(=O)N(CC[C@@H](O)c2ccccc2)C[C@@H](C)C1. The van der Waals surface area contributed by atoms with Crippen molar-refractivity contribution in [3.8, 4) is 0 Å². The van der Waals surface area contributed by atoms with E-state index in [0.717, 1.165) is 18.5 Å². The second-order valence-electron chi connectivity index (χ2n) is 6.21. The van der Waals surface area contributed by atoms with Crippen LogP contribution in [-0.2, 0) is 4.79 Å². The molecule has 0 bridgehead atoms. The van der Waals surface area contributed by atoms with Crippen molar-refractivity contribution >= 4 is 5.91 Å². The fourth-order valence-electron chi connectivity index (χ4n) is 3.09. The van der Waals surface area contributed by atoms with Crippen molar-refractivity contribution < 1.29 is 9.90 Å². The first-order valence-electron chi connectivity index (χ1n) is 7.57. The van der Waals surface area contributed by atoms with Crippen LogP contribution >= 0.6 is 0 Å². The third-order valence-corrected chi connectivity index (χ3v) is 4.07. The Kier molecular flexibility index (Phi) is 5.18. The number of benzene rings is 1. The predicted octanol–water partition coefficient (Wildman–Crippen LogP) is 3.00. The molecular formula is C17H25NO2. The van der Waals surface area contributed by atoms with E-state index in [4.69, 9.17) is 0 Å². The summed E-state index contributed by atoms with van der Waals surface area (Å²) in [6.07, 6.45) is 1.88. The molecule has 1 aliphatic heterocycles. The van der Waals surface area contributed by atoms with E-state index < -0.39 is 6.10 Å². The minimum Gasteiger partial charge on any atom is -0.388 e. The number of amides is 1. The van der Waals surface area contributed by atoms with Crippen LogP contribution in [0.4, 0.5) is 0 Å². The number of likely N-dealkylation sites (tertiary alicyclic amines) is 1. The highest BCUT2D eigenvalue weighted by Gasteiger charge is 2.25. The summed E-state index contributed by atoms with van der Waals surface area (Å²) in [6.45, 7) is 5.82. The smallest absolute Gasteiger partial charge is 0.222 e. The number of aliphatic hydroxyl groups excluding tert-OH is 1. The predicted molar refractivity (Wildman–Crippen MR) is 80.2 cm³/mol. The first-order chi connectivity index (χ1) is 9.56. The molecule has 1 saturated heterocycles. The van der Waals surface area contributed by atoms with E-state index in [1.807, 2.05) is 35.2 Å². The molecule has 0 aromatic heterocycles. The van der Waals surface area contributed by atoms with Crippen molar-refractivity contribution in [2.45, 2.75) is 39.2 Å². The molecular weight excluding hydrogens is 250 g/mol. The molecule has 1 N–H and O–H groups in total. The topological polar surface area (TPSA) is 40.5 Å². The normalized spacial score (nSPS) is 25.4. The third kappa shape index (κ3) is 4.07. The van der Waals surface area contributed by atoms with Gasteiger partial charge in [0.15, 0.2) is 0 Å². The highest BCUT2D eigenvalue weighted by Crippen LogP contribution is 2.23. The lowest BCUT2D eigenvalue weighted by Crippen LogP contribution is -2.34. The number of nitrogens with zero attached hydrogens (tertiary/aromatic N) is 1. The summed E-state index contributed by atoms with van der Waals surface area (Å²) < 4.78 is 0. The molecule has 1 amide bonds. The monoisotopic (exact) mass is 275 g/mol. The maximum atomic E-state index is 12.2. The van der Waals surface area contributed by atoms with Crippen molar-refractivity contribution in [2.24, 2.45) is 11.8 Å². The van der Waals surface area contributed by atoms with Gasteiger partial charge in [0, 0.05) is 19.5 Å². The van der Waals surface area contributed by atoms with Crippen molar-refractivity contribution in [1.29, 1.82) is 0 Å². The van der Waals surface area contributed by atoms with Crippen molar-refractivity contribution in [1.82, 2.24) is 4.90 Å². The Labute approximate surface area is 121 Å². The van der Waals surface area contributed by atoms with Gasteiger partial charge in [-0.05, 0) is 30.2 Å². The van der Waals surface area contributed by atoms with Gasteiger partial charge in [-0.1, -0.05) is 44.2 Å². The molecule has 3 heteroatoms. The molecule has 0 aliphatic carbocycles. The second kappa shape index (κ2) is 6.89. The van der Waals surface area contributed by atoms with Crippen LogP contribution in [-0.4, -0.2) is 29.0 Å². The molecule has 1 aromatic carbocycles. The van der Waals surface area contributed by atoms with E-state index in [0.29, 0.717) is 31.2 Å². The molecule has 0 unspecified atom stereocenters. The van der Waals surface area contributed by atoms with E-state index >= 15 is 0 Å². The standard InChI is InChI=1S/C17H25NO2/c1-13-10-14(2)12-18(17(20)11-13)9-8-16(19)15-6-4-3-5-7-15/h3-7,13-14,16,19H,8-12H2,1-2H3/t13-,14+,16-/m1/s1. The molecule has 3 nitrogen and oxygen atoms in total. The molecule has 3 atom stereocenters. The van der Waals surface area contributed by atoms with E-state index in [1.54, 1.807) is 0 Å². The van der Waals surface area contributed by atoms with Crippen LogP contribution in [0.5, 0.6) is 0 Å². The zero-order chi connectivity index (χ0) is 14.5. The summed E-state index contributed by atoms with van der Waals surface area (Å²) in [5, 5.41) is 10.2. The lowest BCUT2D eigenvalue weighted by Gasteiger charge is -2.24. The van der Waals surface area contributed by atoms with E-state index in [2.05, 4.69) is 13.8 Å². The zero-order valence-electron chi connectivity index (χ0n) is 12.5. The van der Waals surface area contributed by atoms with Gasteiger partial charge in [0.1, 0.15) is 0 Å². The van der Waals surface area contributed by atoms with Gasteiger partial charge in [-0.2, -0.15) is 0 Å². The zero-order valence-corrected chi connectivity index (χ0v) is 12.5. The Balaban J connectivity index is 1.90. The lowest BCUT2D eigenvalue weighted by atomic mass is 9.97. The van der Waals surface area contributed by atoms with Gasteiger partial charge >= 0.3 is 0 Å². The Morgan fingerprint density at radius 2 is 1.95 bits per heavy atom. The molecule has 2 rings (SSSR count). The highest BCUT2D eigenvalue weighted by atomic mass is 16.3. The lowest BCUT2D eigenvalue weighted by molar-refractivity contribution is -0.131. The van der Waals surface area contributed by atoms with Gasteiger partial charge < -0.3 is 10.0 Å². The molecule has 110 valence electrons. The third-order valence-electron chi connectivity index (χ3n) is 4.07. The average molecular weight is 275 g/mol. The molecule has 0 spiro atoms. The number of carbonyl (C=O) groups excluding carboxylic acids is 1. The average Bonchev–Trinajstić information content (AvgIpc) is 2.54. The molecule has 0 radical (unpaired) electrons. The number of carbonyl (C=O) groups is 1. The van der Waals surface area contributed by atoms with Crippen molar-refractivity contribution in [2.75, 3.05) is 13.1 Å². The van der Waals surface area contributed by atoms with Crippen LogP contribution in [0.25, 0.3) is 0 Å². The van der Waals surface area contributed by atoms with Crippen LogP contribution in [0.1, 0.15) is 44.8 Å². The Morgan fingerprint density at radius 3 is 2.65 bits per heavy atom. The van der Waals surface area contributed by atoms with Crippen molar-refractivity contribution in [3.05, 3.63) is 35.9 Å². The number of hydrogen-bond acceptors (Lipinski definition) is 2. The van der Waals surface area contributed by atoms with Crippen LogP contribution < -0.4 is 0 Å². The summed E-state index contributed by atoms with van der Waals surface area (Å²) in [5.41, 5.74) is 0.927. The Morgan fingerprint density at radius 1 is 1.25 bits per heavy atom. The number of hydrogen-bond donors (Lipinski definition) is 1. The fraction of sp³-hybridized carbons (Fsp3) is 0.588. The second-order valence-corrected chi connectivity index (χ2v) is 6.21. The summed E-state index contributed by atoms with van der Waals surface area (Å²) in [7, 11) is 0. The van der Waals surface area contributed by atoms with Gasteiger partial charge in [0.2, 0.25) is 5.91 Å². The first kappa shape index (κ1) is 15.0. The Hall–Kier alpha value is -1.35. The first-order valence-corrected chi connectivity index (χ1v) is 7.57. The fourth-order valence-corrected chi connectivity index (χ4v) is 3.09. The van der Waals surface area contributed by atoms with Crippen LogP contribution in [0.3, 0.4) is 0 Å². The van der Waals surface area contributed by atoms with Gasteiger partial charge in [-0.25, -0.2) is 0 Å². The maximum absolute atomic E-state index is 12.2. The maximum Gasteiger partial charge on any atom is 0.222 e. The van der Waals surface area contributed by atoms with Crippen LogP contribution in [0.15, 0.2) is 30.3 Å². The van der Waals surface area contributed by atoms with Gasteiger partial charge in [-0.15, -0.1) is 0 Å². The molecule has 1 aromatic rings. The molecule has 0 saturated carbocycles. The molecule has 1 fully saturated rings. The van der Waals surface area contributed by atoms with E-state index in [9.17, 15) is 9.90 Å². The summed E-state index contributed by atoms with van der Waals surface area (Å²) >= 11 is 0. The van der Waals surface area contributed by atoms with Gasteiger partial charge in [-0.3, -0.25) is 4.79 Å². The quantitative estimate of drug-likeness (QED) is 0.917. The summed E-state index contributed by atoms with van der Waals surface area (Å²) in [6, 6.07) is 9.66. The minimum atomic E-state index is -0.486. The van der Waals surface area contributed by atoms with E-state index in [-0.39, 0.29) is 5.91 Å². The number of aliphatic hydroxyl groups is 1.